The Bertz CT molecular complexity index is 1290. The second kappa shape index (κ2) is 11.7. The summed E-state index contributed by atoms with van der Waals surface area (Å²) in [4.78, 5) is 6.27. The van der Waals surface area contributed by atoms with Crippen LogP contribution in [0.25, 0.3) is 10.9 Å². The number of H-pyrrole nitrogens is 1. The van der Waals surface area contributed by atoms with Crippen LogP contribution >= 0.6 is 0 Å². The smallest absolute Gasteiger partial charge is 0.162 e. The van der Waals surface area contributed by atoms with Crippen LogP contribution in [-0.2, 0) is 26.0 Å². The highest BCUT2D eigenvalue weighted by molar-refractivity contribution is 5.85. The Morgan fingerprint density at radius 3 is 2.44 bits per heavy atom. The summed E-state index contributed by atoms with van der Waals surface area (Å²) in [6.07, 6.45) is 2.06. The summed E-state index contributed by atoms with van der Waals surface area (Å²) in [7, 11) is 1.73. The van der Waals surface area contributed by atoms with E-state index in [0.29, 0.717) is 12.6 Å². The van der Waals surface area contributed by atoms with Crippen molar-refractivity contribution in [2.45, 2.75) is 66.7 Å². The molecule has 2 aliphatic rings. The Hall–Kier alpha value is -3.24. The lowest BCUT2D eigenvalue weighted by molar-refractivity contribution is 0.158. The van der Waals surface area contributed by atoms with Crippen molar-refractivity contribution < 1.29 is 9.47 Å². The molecule has 1 unspecified atom stereocenters. The highest BCUT2D eigenvalue weighted by Crippen LogP contribution is 2.44. The van der Waals surface area contributed by atoms with Crippen molar-refractivity contribution in [1.82, 2.24) is 9.88 Å². The molecule has 3 aromatic carbocycles. The maximum atomic E-state index is 6.27. The minimum Gasteiger partial charge on any atom is -0.493 e. The number of fused-ring (bicyclic) bond motifs is 6. The summed E-state index contributed by atoms with van der Waals surface area (Å²) < 4.78 is 12.0. The summed E-state index contributed by atoms with van der Waals surface area (Å²) in [5.41, 5.74) is 9.27. The van der Waals surface area contributed by atoms with Gasteiger partial charge >= 0.3 is 0 Å². The van der Waals surface area contributed by atoms with Gasteiger partial charge in [-0.05, 0) is 60.2 Å². The minimum absolute atomic E-state index is 0.373. The van der Waals surface area contributed by atoms with Crippen LogP contribution in [0.2, 0.25) is 0 Å². The van der Waals surface area contributed by atoms with Crippen molar-refractivity contribution in [2.75, 3.05) is 13.7 Å². The fraction of sp³-hybridized carbons (Fsp3) is 0.375. The van der Waals surface area contributed by atoms with E-state index in [4.69, 9.17) is 9.47 Å². The van der Waals surface area contributed by atoms with Gasteiger partial charge in [0.05, 0.1) is 7.11 Å². The van der Waals surface area contributed by atoms with Crippen LogP contribution < -0.4 is 9.47 Å². The molecule has 1 atom stereocenters. The number of hydrogen-bond donors (Lipinski definition) is 1. The van der Waals surface area contributed by atoms with Gasteiger partial charge < -0.3 is 14.5 Å². The SMILES string of the molecule is CC.CC.COc1cc2c(cc1OCc1ccc(C)cc1)C1Cc3c([nH]c4ccccc34)CN1CC2. The number of hydrogen-bond acceptors (Lipinski definition) is 3. The second-order valence-electron chi connectivity index (χ2n) is 9.04. The fourth-order valence-electron chi connectivity index (χ4n) is 5.33. The Labute approximate surface area is 216 Å². The normalized spacial score (nSPS) is 15.9. The number of benzene rings is 3. The van der Waals surface area contributed by atoms with E-state index >= 15 is 0 Å². The van der Waals surface area contributed by atoms with Crippen molar-refractivity contribution >= 4 is 10.9 Å². The number of ether oxygens (including phenoxy) is 2. The largest absolute Gasteiger partial charge is 0.493 e. The molecular weight excluding hydrogens is 444 g/mol. The van der Waals surface area contributed by atoms with Gasteiger partial charge in [-0.3, -0.25) is 4.90 Å². The third-order valence-corrected chi connectivity index (χ3v) is 7.07. The molecule has 0 amide bonds. The molecule has 0 saturated heterocycles. The zero-order valence-corrected chi connectivity index (χ0v) is 22.7. The van der Waals surface area contributed by atoms with Gasteiger partial charge in [0.2, 0.25) is 0 Å². The lowest BCUT2D eigenvalue weighted by atomic mass is 9.85. The highest BCUT2D eigenvalue weighted by atomic mass is 16.5. The van der Waals surface area contributed by atoms with E-state index in [2.05, 4.69) is 77.5 Å². The quantitative estimate of drug-likeness (QED) is 0.321. The van der Waals surface area contributed by atoms with Crippen molar-refractivity contribution in [3.05, 3.63) is 94.2 Å². The van der Waals surface area contributed by atoms with Crippen LogP contribution in [0.4, 0.5) is 0 Å². The van der Waals surface area contributed by atoms with E-state index in [9.17, 15) is 0 Å². The predicted octanol–water partition coefficient (Wildman–Crippen LogP) is 7.77. The van der Waals surface area contributed by atoms with Crippen LogP contribution in [0.1, 0.15) is 67.2 Å². The van der Waals surface area contributed by atoms with E-state index in [1.807, 2.05) is 27.7 Å². The van der Waals surface area contributed by atoms with Gasteiger partial charge in [0, 0.05) is 35.7 Å². The summed E-state index contributed by atoms with van der Waals surface area (Å²) in [5.74, 6) is 1.66. The van der Waals surface area contributed by atoms with E-state index in [1.165, 1.54) is 38.9 Å². The first-order chi connectivity index (χ1) is 17.7. The van der Waals surface area contributed by atoms with Crippen molar-refractivity contribution in [2.24, 2.45) is 0 Å². The van der Waals surface area contributed by atoms with Gasteiger partial charge in [-0.15, -0.1) is 0 Å². The molecule has 1 aromatic heterocycles. The summed E-state index contributed by atoms with van der Waals surface area (Å²) >= 11 is 0. The Balaban J connectivity index is 0.000000726. The van der Waals surface area contributed by atoms with E-state index in [-0.39, 0.29) is 0 Å². The molecule has 0 radical (unpaired) electrons. The summed E-state index contributed by atoms with van der Waals surface area (Å²) in [6, 6.07) is 22.0. The van der Waals surface area contributed by atoms with Gasteiger partial charge in [-0.2, -0.15) is 0 Å². The average molecular weight is 485 g/mol. The number of rotatable bonds is 4. The fourth-order valence-corrected chi connectivity index (χ4v) is 5.33. The lowest BCUT2D eigenvalue weighted by Gasteiger charge is -2.40. The molecule has 4 heteroatoms. The first-order valence-electron chi connectivity index (χ1n) is 13.4. The molecule has 0 fully saturated rings. The molecular formula is C32H40N2O2. The molecule has 0 saturated carbocycles. The monoisotopic (exact) mass is 484 g/mol. The third kappa shape index (κ3) is 5.01. The first-order valence-corrected chi connectivity index (χ1v) is 13.4. The molecule has 2 aliphatic heterocycles. The molecule has 0 spiro atoms. The predicted molar refractivity (Wildman–Crippen MR) is 150 cm³/mol. The molecule has 3 heterocycles. The number of aromatic nitrogens is 1. The molecule has 0 aliphatic carbocycles. The second-order valence-corrected chi connectivity index (χ2v) is 9.04. The first kappa shape index (κ1) is 25.8. The van der Waals surface area contributed by atoms with E-state index in [0.717, 1.165) is 43.0 Å². The van der Waals surface area contributed by atoms with Gasteiger partial charge in [-0.1, -0.05) is 75.7 Å². The van der Waals surface area contributed by atoms with Crippen molar-refractivity contribution in [3.63, 3.8) is 0 Å². The maximum Gasteiger partial charge on any atom is 0.162 e. The maximum absolute atomic E-state index is 6.27. The molecule has 6 rings (SSSR count). The zero-order valence-electron chi connectivity index (χ0n) is 22.7. The van der Waals surface area contributed by atoms with Crippen LogP contribution in [0.3, 0.4) is 0 Å². The van der Waals surface area contributed by atoms with Crippen LogP contribution in [0, 0.1) is 6.92 Å². The standard InChI is InChI=1S/C28H28N2O2.2C2H6/c1-18-7-9-19(10-8-18)17-32-28-15-22-20(13-27(28)31-2)11-12-30-16-25-23(14-26(22)30)21-5-3-4-6-24(21)29-25;2*1-2/h3-10,13,15,26,29H,11-12,14,16-17H2,1-2H3;2*1-2H3. The van der Waals surface area contributed by atoms with Gasteiger partial charge in [0.1, 0.15) is 6.61 Å². The molecule has 4 nitrogen and oxygen atoms in total. The number of nitrogens with one attached hydrogen (secondary N) is 1. The highest BCUT2D eigenvalue weighted by Gasteiger charge is 2.34. The minimum atomic E-state index is 0.373. The van der Waals surface area contributed by atoms with Crippen molar-refractivity contribution in [1.29, 1.82) is 0 Å². The summed E-state index contributed by atoms with van der Waals surface area (Å²) in [5, 5.41) is 1.36. The molecule has 4 aromatic rings. The number of aryl methyl sites for hydroxylation is 1. The third-order valence-electron chi connectivity index (χ3n) is 7.07. The Morgan fingerprint density at radius 2 is 1.69 bits per heavy atom. The molecule has 1 N–H and O–H groups in total. The lowest BCUT2D eigenvalue weighted by Crippen LogP contribution is -2.39. The average Bonchev–Trinajstić information content (AvgIpc) is 3.30. The number of para-hydroxylation sites is 1. The number of aromatic amines is 1. The summed E-state index contributed by atoms with van der Waals surface area (Å²) in [6.45, 7) is 12.7. The van der Waals surface area contributed by atoms with Crippen LogP contribution in [0.5, 0.6) is 11.5 Å². The molecule has 36 heavy (non-hydrogen) atoms. The van der Waals surface area contributed by atoms with Gasteiger partial charge in [-0.25, -0.2) is 0 Å². The van der Waals surface area contributed by atoms with E-state index in [1.54, 1.807) is 7.11 Å². The van der Waals surface area contributed by atoms with Gasteiger partial charge in [0.25, 0.3) is 0 Å². The van der Waals surface area contributed by atoms with Crippen molar-refractivity contribution in [3.8, 4) is 11.5 Å². The van der Waals surface area contributed by atoms with Crippen LogP contribution in [-0.4, -0.2) is 23.5 Å². The Morgan fingerprint density at radius 1 is 0.944 bits per heavy atom. The number of nitrogens with zero attached hydrogens (tertiary/aromatic N) is 1. The number of methoxy groups -OCH3 is 1. The molecule has 0 bridgehead atoms. The van der Waals surface area contributed by atoms with Gasteiger partial charge in [0.15, 0.2) is 11.5 Å². The zero-order chi connectivity index (χ0) is 25.7. The Kier molecular flexibility index (Phi) is 8.37. The van der Waals surface area contributed by atoms with E-state index < -0.39 is 0 Å². The molecule has 190 valence electrons. The topological polar surface area (TPSA) is 37.5 Å². The van der Waals surface area contributed by atoms with Crippen LogP contribution in [0.15, 0.2) is 60.7 Å².